The first-order valence-electron chi connectivity index (χ1n) is 13.2. The Hall–Kier alpha value is -1.21. The molecule has 4 aromatic carbocycles. The predicted octanol–water partition coefficient (Wildman–Crippen LogP) is 3.29. The number of ether oxygens (including phenoxy) is 4. The van der Waals surface area contributed by atoms with E-state index in [1.54, 1.807) is 68.8 Å². The first-order valence-corrected chi connectivity index (χ1v) is 16.7. The average Bonchev–Trinajstić information content (AvgIpc) is 2.98. The van der Waals surface area contributed by atoms with Crippen LogP contribution < -0.4 is 62.5 Å². The van der Waals surface area contributed by atoms with E-state index in [2.05, 4.69) is 0 Å². The van der Waals surface area contributed by atoms with Crippen LogP contribution in [-0.2, 0) is 4.74 Å². The molecule has 3 atom stereocenters. The molecular formula is C32H32Cl4Li2O6P2. The zero-order valence-corrected chi connectivity index (χ0v) is 31.3. The standard InChI is InChI=1S/C17H17Cl2O3P.C15H13Cl2O3P.2Li.2H/c1-3-21-11(2)22-12-7-9-13(10-8-12)23-17(20)16-14(18)5-4-6-15(16)19;1-19-9-6-7-13(12(8-9)20-2)21-15(18)14-10(16)4-3-5-11(14)17;;;;/h4-11,23H,3H2,1-2H3;3-8,21H,1-2H3;;;;/q;;2*+1;2*-1. The molecule has 46 heavy (non-hydrogen) atoms. The van der Waals surface area contributed by atoms with Gasteiger partial charge >= 0.3 is 37.7 Å². The van der Waals surface area contributed by atoms with E-state index in [1.807, 2.05) is 38.1 Å². The molecule has 14 heteroatoms. The van der Waals surface area contributed by atoms with Crippen LogP contribution in [-0.4, -0.2) is 38.2 Å². The van der Waals surface area contributed by atoms with E-state index < -0.39 is 0 Å². The third-order valence-corrected chi connectivity index (χ3v) is 9.37. The van der Waals surface area contributed by atoms with Gasteiger partial charge in [-0.25, -0.2) is 0 Å². The fourth-order valence-corrected chi connectivity index (χ4v) is 7.33. The van der Waals surface area contributed by atoms with Crippen LogP contribution in [0.2, 0.25) is 20.1 Å². The minimum Gasteiger partial charge on any atom is -1.00 e. The molecule has 0 radical (unpaired) electrons. The van der Waals surface area contributed by atoms with Crippen molar-refractivity contribution < 1.29 is 69.1 Å². The van der Waals surface area contributed by atoms with Gasteiger partial charge in [-0.2, -0.15) is 0 Å². The Morgan fingerprint density at radius 3 is 1.65 bits per heavy atom. The molecule has 0 bridgehead atoms. The Morgan fingerprint density at radius 2 is 1.20 bits per heavy atom. The smallest absolute Gasteiger partial charge is 1.00 e. The maximum atomic E-state index is 12.4. The number of hydrogen-bond acceptors (Lipinski definition) is 6. The van der Waals surface area contributed by atoms with E-state index in [0.717, 1.165) is 10.6 Å². The molecule has 0 aromatic heterocycles. The molecule has 0 fully saturated rings. The molecule has 236 valence electrons. The molecule has 6 nitrogen and oxygen atoms in total. The number of methoxy groups -OCH3 is 2. The number of carbonyl (C=O) groups is 2. The summed E-state index contributed by atoms with van der Waals surface area (Å²) in [6.07, 6.45) is -0.308. The van der Waals surface area contributed by atoms with E-state index in [-0.39, 0.29) is 75.1 Å². The van der Waals surface area contributed by atoms with Crippen molar-refractivity contribution in [2.75, 3.05) is 20.8 Å². The number of hydrogen-bond donors (Lipinski definition) is 0. The van der Waals surface area contributed by atoms with Gasteiger partial charge < -0.3 is 21.8 Å². The first-order chi connectivity index (χ1) is 21.1. The second kappa shape index (κ2) is 21.7. The number of halogens is 4. The largest absolute Gasteiger partial charge is 1.00 e. The minimum absolute atomic E-state index is 0. The fourth-order valence-electron chi connectivity index (χ4n) is 3.79. The van der Waals surface area contributed by atoms with Gasteiger partial charge in [0, 0.05) is 18.0 Å². The Morgan fingerprint density at radius 1 is 0.717 bits per heavy atom. The third-order valence-electron chi connectivity index (χ3n) is 5.85. The average molecular weight is 730 g/mol. The zero-order valence-electron chi connectivity index (χ0n) is 28.3. The van der Waals surface area contributed by atoms with Gasteiger partial charge in [0.05, 0.1) is 45.4 Å². The minimum atomic E-state index is -0.308. The maximum absolute atomic E-state index is 12.4. The van der Waals surface area contributed by atoms with Gasteiger partial charge in [-0.1, -0.05) is 70.7 Å². The van der Waals surface area contributed by atoms with E-state index in [4.69, 9.17) is 65.4 Å². The molecule has 0 aliphatic rings. The summed E-state index contributed by atoms with van der Waals surface area (Å²) in [4.78, 5) is 24.8. The summed E-state index contributed by atoms with van der Waals surface area (Å²) < 4.78 is 21.3. The van der Waals surface area contributed by atoms with Crippen molar-refractivity contribution >= 4 is 85.2 Å². The van der Waals surface area contributed by atoms with E-state index in [1.165, 1.54) is 0 Å². The molecule has 0 aliphatic carbocycles. The van der Waals surface area contributed by atoms with E-state index in [0.29, 0.717) is 55.1 Å². The molecule has 0 heterocycles. The van der Waals surface area contributed by atoms with Gasteiger partial charge in [0.15, 0.2) is 17.3 Å². The molecule has 4 rings (SSSR count). The summed E-state index contributed by atoms with van der Waals surface area (Å²) >= 11 is 24.3. The molecule has 0 saturated carbocycles. The molecule has 0 N–H and O–H groups in total. The van der Waals surface area contributed by atoms with Crippen molar-refractivity contribution in [2.24, 2.45) is 0 Å². The van der Waals surface area contributed by atoms with Crippen LogP contribution in [0, 0.1) is 0 Å². The van der Waals surface area contributed by atoms with Crippen molar-refractivity contribution in [1.82, 2.24) is 0 Å². The SMILES string of the molecule is CCOC(C)Oc1ccc(PC(=O)c2c(Cl)cccc2Cl)cc1.COc1ccc(PC(=O)c2c(Cl)cccc2Cl)c(OC)c1.[H-].[H-].[Li+].[Li+]. The van der Waals surface area contributed by atoms with Crippen LogP contribution in [0.3, 0.4) is 0 Å². The number of benzene rings is 4. The van der Waals surface area contributed by atoms with Gasteiger partial charge in [-0.05, 0) is 84.8 Å². The summed E-state index contributed by atoms with van der Waals surface area (Å²) in [6.45, 7) is 4.34. The maximum Gasteiger partial charge on any atom is 1.00 e. The van der Waals surface area contributed by atoms with Crippen LogP contribution in [0.5, 0.6) is 17.2 Å². The molecule has 4 aromatic rings. The molecule has 0 spiro atoms. The molecular weight excluding hydrogens is 698 g/mol. The van der Waals surface area contributed by atoms with Crippen LogP contribution in [0.25, 0.3) is 0 Å². The monoisotopic (exact) mass is 728 g/mol. The predicted molar refractivity (Wildman–Crippen MR) is 187 cm³/mol. The molecule has 0 amide bonds. The zero-order chi connectivity index (χ0) is 32.2. The summed E-state index contributed by atoms with van der Waals surface area (Å²) in [5, 5.41) is 3.13. The van der Waals surface area contributed by atoms with Crippen LogP contribution >= 0.6 is 63.6 Å². The van der Waals surface area contributed by atoms with Crippen molar-refractivity contribution in [3.05, 3.63) is 110 Å². The Kier molecular flexibility index (Phi) is 20.2. The van der Waals surface area contributed by atoms with Gasteiger partial charge in [0.2, 0.25) is 0 Å². The van der Waals surface area contributed by atoms with Crippen molar-refractivity contribution in [3.63, 3.8) is 0 Å². The number of rotatable bonds is 12. The summed E-state index contributed by atoms with van der Waals surface area (Å²) in [6, 6.07) is 22.7. The second-order valence-electron chi connectivity index (χ2n) is 8.83. The molecule has 0 saturated heterocycles. The van der Waals surface area contributed by atoms with Crippen LogP contribution in [0.4, 0.5) is 0 Å². The second-order valence-corrected chi connectivity index (χ2v) is 13.0. The topological polar surface area (TPSA) is 71.1 Å². The van der Waals surface area contributed by atoms with Crippen molar-refractivity contribution in [1.29, 1.82) is 0 Å². The van der Waals surface area contributed by atoms with Gasteiger partial charge in [-0.3, -0.25) is 9.59 Å². The van der Waals surface area contributed by atoms with Crippen molar-refractivity contribution in [2.45, 2.75) is 20.1 Å². The first kappa shape index (κ1) is 42.8. The Bertz CT molecular complexity index is 1570. The van der Waals surface area contributed by atoms with Crippen LogP contribution in [0.1, 0.15) is 37.4 Å². The summed E-state index contributed by atoms with van der Waals surface area (Å²) in [7, 11) is 2.94. The Labute approximate surface area is 320 Å². The normalized spacial score (nSPS) is 11.2. The molecule has 3 unspecified atom stereocenters. The van der Waals surface area contributed by atoms with E-state index >= 15 is 0 Å². The third kappa shape index (κ3) is 12.7. The summed E-state index contributed by atoms with van der Waals surface area (Å²) in [5.74, 6) is 1.97. The van der Waals surface area contributed by atoms with E-state index in [9.17, 15) is 9.59 Å². The molecule has 0 aliphatic heterocycles. The number of carbonyl (C=O) groups excluding carboxylic acids is 2. The van der Waals surface area contributed by atoms with Gasteiger partial charge in [-0.15, -0.1) is 0 Å². The summed E-state index contributed by atoms with van der Waals surface area (Å²) in [5.41, 5.74) is 0.502. The van der Waals surface area contributed by atoms with Gasteiger partial charge in [0.1, 0.15) is 17.2 Å². The fraction of sp³-hybridized carbons (Fsp3) is 0.188. The Balaban J connectivity index is 0. The van der Waals surface area contributed by atoms with Gasteiger partial charge in [0.25, 0.3) is 0 Å². The quantitative estimate of drug-likeness (QED) is 0.127. The van der Waals surface area contributed by atoms with Crippen LogP contribution in [0.15, 0.2) is 78.9 Å². The van der Waals surface area contributed by atoms with Crippen molar-refractivity contribution in [3.8, 4) is 17.2 Å².